The first-order valence-corrected chi connectivity index (χ1v) is 4.66. The molecule has 0 fully saturated rings. The minimum atomic E-state index is -0.940. The molecule has 1 aromatic heterocycles. The molecule has 0 bridgehead atoms. The topological polar surface area (TPSA) is 73.3 Å². The Bertz CT molecular complexity index is 533. The van der Waals surface area contributed by atoms with Crippen molar-refractivity contribution in [2.24, 2.45) is 0 Å². The number of hydrogen-bond acceptors (Lipinski definition) is 2. The van der Waals surface area contributed by atoms with Crippen LogP contribution in [0.1, 0.15) is 5.56 Å². The van der Waals surface area contributed by atoms with Crippen LogP contribution in [-0.2, 0) is 11.2 Å². The van der Waals surface area contributed by atoms with Crippen molar-refractivity contribution in [1.82, 2.24) is 4.98 Å². The zero-order valence-corrected chi connectivity index (χ0v) is 8.38. The third kappa shape index (κ3) is 1.76. The molecular formula is C10H8ClNO3. The maximum atomic E-state index is 10.6. The van der Waals surface area contributed by atoms with Crippen LogP contribution in [-0.4, -0.2) is 21.2 Å². The monoisotopic (exact) mass is 225 g/mol. The molecular weight excluding hydrogens is 218 g/mol. The molecule has 0 aliphatic rings. The highest BCUT2D eigenvalue weighted by molar-refractivity contribution is 6.31. The number of H-pyrrole nitrogens is 1. The quantitative estimate of drug-likeness (QED) is 0.733. The number of fused-ring (bicyclic) bond motifs is 1. The molecule has 1 aromatic carbocycles. The van der Waals surface area contributed by atoms with Crippen LogP contribution >= 0.6 is 11.6 Å². The predicted octanol–water partition coefficient (Wildman–Crippen LogP) is 2.15. The molecule has 0 aliphatic carbocycles. The average molecular weight is 226 g/mol. The van der Waals surface area contributed by atoms with E-state index in [9.17, 15) is 9.90 Å². The number of aromatic amines is 1. The summed E-state index contributed by atoms with van der Waals surface area (Å²) in [6.07, 6.45) is 1.43. The van der Waals surface area contributed by atoms with Crippen molar-refractivity contribution in [3.05, 3.63) is 28.9 Å². The number of halogens is 1. The number of hydrogen-bond donors (Lipinski definition) is 3. The summed E-state index contributed by atoms with van der Waals surface area (Å²) < 4.78 is 0. The lowest BCUT2D eigenvalue weighted by Crippen LogP contribution is -1.98. The van der Waals surface area contributed by atoms with Crippen molar-refractivity contribution in [2.45, 2.75) is 6.42 Å². The smallest absolute Gasteiger partial charge is 0.307 e. The molecule has 0 radical (unpaired) electrons. The highest BCUT2D eigenvalue weighted by Gasteiger charge is 2.11. The Morgan fingerprint density at radius 2 is 2.20 bits per heavy atom. The number of carboxylic acids is 1. The Morgan fingerprint density at radius 3 is 2.87 bits per heavy atom. The molecule has 1 heterocycles. The lowest BCUT2D eigenvalue weighted by Gasteiger charge is -1.99. The zero-order valence-electron chi connectivity index (χ0n) is 7.62. The fraction of sp³-hybridized carbons (Fsp3) is 0.100. The second kappa shape index (κ2) is 3.47. The van der Waals surface area contributed by atoms with E-state index in [0.29, 0.717) is 21.5 Å². The van der Waals surface area contributed by atoms with E-state index in [0.717, 1.165) is 0 Å². The molecule has 4 nitrogen and oxygen atoms in total. The minimum Gasteiger partial charge on any atom is -0.507 e. The predicted molar refractivity (Wildman–Crippen MR) is 56.3 cm³/mol. The number of rotatable bonds is 2. The van der Waals surface area contributed by atoms with Gasteiger partial charge in [0, 0.05) is 16.6 Å². The largest absolute Gasteiger partial charge is 0.507 e. The molecule has 0 spiro atoms. The van der Waals surface area contributed by atoms with E-state index in [1.54, 1.807) is 12.3 Å². The molecule has 2 rings (SSSR count). The first kappa shape index (κ1) is 9.86. The zero-order chi connectivity index (χ0) is 11.0. The maximum Gasteiger partial charge on any atom is 0.307 e. The average Bonchev–Trinajstić information content (AvgIpc) is 2.46. The van der Waals surface area contributed by atoms with E-state index in [1.165, 1.54) is 6.07 Å². The molecule has 5 heteroatoms. The minimum absolute atomic E-state index is 0.00463. The molecule has 0 unspecified atom stereocenters. The number of aliphatic carboxylic acids is 1. The fourth-order valence-corrected chi connectivity index (χ4v) is 1.80. The van der Waals surface area contributed by atoms with Crippen molar-refractivity contribution in [2.75, 3.05) is 0 Å². The molecule has 0 saturated carbocycles. The van der Waals surface area contributed by atoms with Gasteiger partial charge in [-0.3, -0.25) is 4.79 Å². The van der Waals surface area contributed by atoms with Gasteiger partial charge in [-0.1, -0.05) is 11.6 Å². The van der Waals surface area contributed by atoms with Crippen molar-refractivity contribution >= 4 is 28.5 Å². The fourth-order valence-electron chi connectivity index (χ4n) is 1.58. The van der Waals surface area contributed by atoms with Gasteiger partial charge >= 0.3 is 5.97 Å². The van der Waals surface area contributed by atoms with E-state index in [2.05, 4.69) is 4.98 Å². The van der Waals surface area contributed by atoms with E-state index >= 15 is 0 Å². The molecule has 0 saturated heterocycles. The van der Waals surface area contributed by atoms with Gasteiger partial charge in [0.05, 0.1) is 11.9 Å². The van der Waals surface area contributed by atoms with Crippen LogP contribution in [0.25, 0.3) is 10.9 Å². The van der Waals surface area contributed by atoms with E-state index in [1.807, 2.05) is 0 Å². The van der Waals surface area contributed by atoms with Gasteiger partial charge in [0.2, 0.25) is 0 Å². The van der Waals surface area contributed by atoms with E-state index in [-0.39, 0.29) is 12.2 Å². The summed E-state index contributed by atoms with van der Waals surface area (Å²) in [6, 6.07) is 3.03. The number of nitrogens with one attached hydrogen (secondary N) is 1. The lowest BCUT2D eigenvalue weighted by atomic mass is 10.1. The van der Waals surface area contributed by atoms with Crippen LogP contribution < -0.4 is 0 Å². The number of aromatic nitrogens is 1. The Labute approximate surface area is 90.1 Å². The first-order valence-electron chi connectivity index (χ1n) is 4.28. The number of benzene rings is 1. The number of carbonyl (C=O) groups is 1. The molecule has 2 aromatic rings. The Morgan fingerprint density at radius 1 is 1.47 bits per heavy atom. The van der Waals surface area contributed by atoms with Gasteiger partial charge in [-0.15, -0.1) is 0 Å². The maximum absolute atomic E-state index is 10.6. The van der Waals surface area contributed by atoms with Gasteiger partial charge in [0.1, 0.15) is 5.75 Å². The second-order valence-electron chi connectivity index (χ2n) is 3.23. The van der Waals surface area contributed by atoms with Gasteiger partial charge in [0.25, 0.3) is 0 Å². The van der Waals surface area contributed by atoms with Gasteiger partial charge < -0.3 is 15.2 Å². The van der Waals surface area contributed by atoms with E-state index in [4.69, 9.17) is 16.7 Å². The van der Waals surface area contributed by atoms with Crippen molar-refractivity contribution < 1.29 is 15.0 Å². The summed E-state index contributed by atoms with van der Waals surface area (Å²) in [5.41, 5.74) is 1.18. The Kier molecular flexibility index (Phi) is 2.28. The molecule has 3 N–H and O–H groups in total. The van der Waals surface area contributed by atoms with Crippen molar-refractivity contribution in [3.8, 4) is 5.75 Å². The molecule has 78 valence electrons. The first-order chi connectivity index (χ1) is 7.08. The number of aromatic hydroxyl groups is 1. The Hall–Kier alpha value is -1.68. The summed E-state index contributed by atoms with van der Waals surface area (Å²) in [4.78, 5) is 13.4. The third-order valence-electron chi connectivity index (χ3n) is 2.15. The van der Waals surface area contributed by atoms with Crippen molar-refractivity contribution in [1.29, 1.82) is 0 Å². The molecule has 15 heavy (non-hydrogen) atoms. The van der Waals surface area contributed by atoms with Crippen LogP contribution in [0.5, 0.6) is 5.75 Å². The van der Waals surface area contributed by atoms with Crippen LogP contribution in [0.4, 0.5) is 0 Å². The lowest BCUT2D eigenvalue weighted by molar-refractivity contribution is -0.136. The second-order valence-corrected chi connectivity index (χ2v) is 3.67. The Balaban J connectivity index is 2.63. The highest BCUT2D eigenvalue weighted by Crippen LogP contribution is 2.31. The number of phenols is 1. The summed E-state index contributed by atoms with van der Waals surface area (Å²) in [6.45, 7) is 0. The number of phenolic OH excluding ortho intramolecular Hbond substituents is 1. The van der Waals surface area contributed by atoms with Crippen molar-refractivity contribution in [3.63, 3.8) is 0 Å². The van der Waals surface area contributed by atoms with Gasteiger partial charge in [-0.05, 0) is 17.7 Å². The summed E-state index contributed by atoms with van der Waals surface area (Å²) in [7, 11) is 0. The van der Waals surface area contributed by atoms with Crippen LogP contribution in [0, 0.1) is 0 Å². The molecule has 0 aliphatic heterocycles. The van der Waals surface area contributed by atoms with Crippen LogP contribution in [0.3, 0.4) is 0 Å². The standard InChI is InChI=1S/C10H8ClNO3/c11-6-2-7-10(8(13)3-6)5(4-12-7)1-9(14)15/h2-4,12-13H,1H2,(H,14,15). The van der Waals surface area contributed by atoms with Crippen LogP contribution in [0.2, 0.25) is 5.02 Å². The SMILES string of the molecule is O=C(O)Cc1c[nH]c2cc(Cl)cc(O)c12. The van der Waals surface area contributed by atoms with Gasteiger partial charge in [0.15, 0.2) is 0 Å². The molecule has 0 amide bonds. The number of carboxylic acid groups (broad SMARTS) is 1. The highest BCUT2D eigenvalue weighted by atomic mass is 35.5. The molecule has 0 atom stereocenters. The normalized spacial score (nSPS) is 10.7. The van der Waals surface area contributed by atoms with Gasteiger partial charge in [-0.2, -0.15) is 0 Å². The van der Waals surface area contributed by atoms with Gasteiger partial charge in [-0.25, -0.2) is 0 Å². The third-order valence-corrected chi connectivity index (χ3v) is 2.37. The summed E-state index contributed by atoms with van der Waals surface area (Å²) in [5.74, 6) is -0.944. The van der Waals surface area contributed by atoms with Crippen LogP contribution in [0.15, 0.2) is 18.3 Å². The van der Waals surface area contributed by atoms with E-state index < -0.39 is 5.97 Å². The summed E-state index contributed by atoms with van der Waals surface area (Å²) in [5, 5.41) is 19.2. The summed E-state index contributed by atoms with van der Waals surface area (Å²) >= 11 is 5.74.